The fourth-order valence-corrected chi connectivity index (χ4v) is 2.21. The van der Waals surface area contributed by atoms with Gasteiger partial charge in [0.25, 0.3) is 0 Å². The number of nitrogens with zero attached hydrogens (tertiary/aromatic N) is 1. The number of carbonyl (C=O) groups is 2. The van der Waals surface area contributed by atoms with Crippen LogP contribution in [-0.4, -0.2) is 37.7 Å². The zero-order chi connectivity index (χ0) is 15.6. The van der Waals surface area contributed by atoms with Crippen molar-refractivity contribution in [2.24, 2.45) is 5.41 Å². The van der Waals surface area contributed by atoms with Crippen LogP contribution < -0.4 is 15.5 Å². The molecule has 1 fully saturated rings. The number of hydrogen-bond acceptors (Lipinski definition) is 3. The van der Waals surface area contributed by atoms with Gasteiger partial charge in [0.2, 0.25) is 0 Å². The summed E-state index contributed by atoms with van der Waals surface area (Å²) in [6.07, 6.45) is 1.25. The summed E-state index contributed by atoms with van der Waals surface area (Å²) in [6, 6.07) is 5.27. The van der Waals surface area contributed by atoms with E-state index in [1.165, 1.54) is 0 Å². The second-order valence-electron chi connectivity index (χ2n) is 5.79. The zero-order valence-electron chi connectivity index (χ0n) is 12.6. The van der Waals surface area contributed by atoms with Crippen LogP contribution in [0.1, 0.15) is 18.4 Å². The summed E-state index contributed by atoms with van der Waals surface area (Å²) < 4.78 is 0. The van der Waals surface area contributed by atoms with Crippen molar-refractivity contribution in [2.75, 3.05) is 30.9 Å². The maximum atomic E-state index is 11.8. The number of hydrogen-bond donors (Lipinski definition) is 3. The van der Waals surface area contributed by atoms with Gasteiger partial charge in [-0.05, 0) is 37.5 Å². The molecule has 0 unspecified atom stereocenters. The minimum absolute atomic E-state index is 0.167. The smallest absolute Gasteiger partial charge is 0.319 e. The van der Waals surface area contributed by atoms with E-state index in [9.17, 15) is 9.59 Å². The van der Waals surface area contributed by atoms with Crippen LogP contribution in [0, 0.1) is 12.3 Å². The second-order valence-corrected chi connectivity index (χ2v) is 5.79. The van der Waals surface area contributed by atoms with Gasteiger partial charge in [-0.15, -0.1) is 0 Å². The second kappa shape index (κ2) is 5.63. The highest BCUT2D eigenvalue weighted by Crippen LogP contribution is 2.45. The monoisotopic (exact) mass is 291 g/mol. The van der Waals surface area contributed by atoms with E-state index in [1.807, 2.05) is 44.1 Å². The number of amides is 2. The largest absolute Gasteiger partial charge is 0.481 e. The number of aryl methyl sites for hydroxylation is 1. The molecule has 0 aliphatic heterocycles. The Morgan fingerprint density at radius 2 is 2.00 bits per heavy atom. The minimum Gasteiger partial charge on any atom is -0.481 e. The highest BCUT2D eigenvalue weighted by Gasteiger charge is 2.50. The third-order valence-electron chi connectivity index (χ3n) is 3.84. The molecule has 0 saturated heterocycles. The molecule has 3 N–H and O–H groups in total. The molecule has 0 aromatic heterocycles. The normalized spacial score (nSPS) is 15.2. The molecule has 1 aliphatic rings. The Balaban J connectivity index is 1.94. The van der Waals surface area contributed by atoms with E-state index in [1.54, 1.807) is 0 Å². The Bertz CT molecular complexity index is 565. The van der Waals surface area contributed by atoms with Crippen LogP contribution in [0.25, 0.3) is 0 Å². The van der Waals surface area contributed by atoms with E-state index >= 15 is 0 Å². The standard InChI is InChI=1S/C15H21N3O3/c1-10-4-5-11(8-12(10)18(2)3)17-14(21)16-9-15(6-7-15)13(19)20/h4-5,8H,6-7,9H2,1-3H3,(H,19,20)(H2,16,17,21). The average molecular weight is 291 g/mol. The molecule has 0 bridgehead atoms. The van der Waals surface area contributed by atoms with Crippen LogP contribution >= 0.6 is 0 Å². The summed E-state index contributed by atoms with van der Waals surface area (Å²) in [5.74, 6) is -0.840. The van der Waals surface area contributed by atoms with Gasteiger partial charge in [-0.25, -0.2) is 4.79 Å². The lowest BCUT2D eigenvalue weighted by atomic mass is 10.1. The number of rotatable bonds is 5. The van der Waals surface area contributed by atoms with Gasteiger partial charge < -0.3 is 20.6 Å². The van der Waals surface area contributed by atoms with Crippen molar-refractivity contribution >= 4 is 23.4 Å². The average Bonchev–Trinajstić information content (AvgIpc) is 3.19. The van der Waals surface area contributed by atoms with Crippen LogP contribution in [0.2, 0.25) is 0 Å². The van der Waals surface area contributed by atoms with Crippen molar-refractivity contribution in [1.29, 1.82) is 0 Å². The number of anilines is 2. The first-order valence-electron chi connectivity index (χ1n) is 6.90. The molecule has 1 saturated carbocycles. The molecular formula is C15H21N3O3. The number of urea groups is 1. The molecule has 0 radical (unpaired) electrons. The first-order chi connectivity index (χ1) is 9.84. The molecule has 21 heavy (non-hydrogen) atoms. The van der Waals surface area contributed by atoms with E-state index < -0.39 is 11.4 Å². The molecule has 0 heterocycles. The zero-order valence-corrected chi connectivity index (χ0v) is 12.6. The van der Waals surface area contributed by atoms with Crippen molar-refractivity contribution in [1.82, 2.24) is 5.32 Å². The van der Waals surface area contributed by atoms with Gasteiger partial charge in [0.1, 0.15) is 0 Å². The maximum absolute atomic E-state index is 11.8. The SMILES string of the molecule is Cc1ccc(NC(=O)NCC2(C(=O)O)CC2)cc1N(C)C. The van der Waals surface area contributed by atoms with Crippen molar-refractivity contribution in [2.45, 2.75) is 19.8 Å². The van der Waals surface area contributed by atoms with Crippen LogP contribution in [0.3, 0.4) is 0 Å². The molecule has 6 heteroatoms. The lowest BCUT2D eigenvalue weighted by Gasteiger charge is -2.17. The Kier molecular flexibility index (Phi) is 4.06. The van der Waals surface area contributed by atoms with Gasteiger partial charge in [-0.1, -0.05) is 6.07 Å². The van der Waals surface area contributed by atoms with Crippen LogP contribution in [0.5, 0.6) is 0 Å². The van der Waals surface area contributed by atoms with Gasteiger partial charge in [0, 0.05) is 32.0 Å². The summed E-state index contributed by atoms with van der Waals surface area (Å²) in [6.45, 7) is 2.17. The summed E-state index contributed by atoms with van der Waals surface area (Å²) in [7, 11) is 3.88. The third kappa shape index (κ3) is 3.45. The van der Waals surface area contributed by atoms with Gasteiger partial charge in [-0.3, -0.25) is 4.79 Å². The summed E-state index contributed by atoms with van der Waals surface area (Å²) in [5.41, 5.74) is 2.08. The Morgan fingerprint density at radius 1 is 1.33 bits per heavy atom. The number of carboxylic acid groups (broad SMARTS) is 1. The summed E-state index contributed by atoms with van der Waals surface area (Å²) in [4.78, 5) is 24.9. The Labute approximate surface area is 124 Å². The number of aliphatic carboxylic acids is 1. The Hall–Kier alpha value is -2.24. The first-order valence-corrected chi connectivity index (χ1v) is 6.90. The lowest BCUT2D eigenvalue weighted by molar-refractivity contribution is -0.143. The molecule has 1 aromatic carbocycles. The predicted octanol–water partition coefficient (Wildman–Crippen LogP) is 2.05. The fourth-order valence-electron chi connectivity index (χ4n) is 2.21. The van der Waals surface area contributed by atoms with Crippen LogP contribution in [-0.2, 0) is 4.79 Å². The van der Waals surface area contributed by atoms with E-state index in [0.29, 0.717) is 18.5 Å². The molecule has 1 aliphatic carbocycles. The van der Waals surface area contributed by atoms with E-state index in [0.717, 1.165) is 11.3 Å². The molecule has 2 rings (SSSR count). The minimum atomic E-state index is -0.840. The molecule has 0 spiro atoms. The first kappa shape index (κ1) is 15.2. The highest BCUT2D eigenvalue weighted by atomic mass is 16.4. The predicted molar refractivity (Wildman–Crippen MR) is 81.8 cm³/mol. The van der Waals surface area contributed by atoms with Crippen LogP contribution in [0.15, 0.2) is 18.2 Å². The highest BCUT2D eigenvalue weighted by molar-refractivity contribution is 5.90. The van der Waals surface area contributed by atoms with Crippen molar-refractivity contribution in [3.63, 3.8) is 0 Å². The lowest BCUT2D eigenvalue weighted by Crippen LogP contribution is -2.36. The summed E-state index contributed by atoms with van der Waals surface area (Å²) >= 11 is 0. The number of carboxylic acids is 1. The third-order valence-corrected chi connectivity index (χ3v) is 3.84. The molecular weight excluding hydrogens is 270 g/mol. The Morgan fingerprint density at radius 3 is 2.52 bits per heavy atom. The van der Waals surface area contributed by atoms with E-state index in [-0.39, 0.29) is 12.6 Å². The van der Waals surface area contributed by atoms with E-state index in [2.05, 4.69) is 10.6 Å². The van der Waals surface area contributed by atoms with Gasteiger partial charge >= 0.3 is 12.0 Å². The van der Waals surface area contributed by atoms with Gasteiger partial charge in [0.05, 0.1) is 5.41 Å². The molecule has 6 nitrogen and oxygen atoms in total. The van der Waals surface area contributed by atoms with Gasteiger partial charge in [0.15, 0.2) is 0 Å². The molecule has 2 amide bonds. The fraction of sp³-hybridized carbons (Fsp3) is 0.467. The molecule has 114 valence electrons. The number of carbonyl (C=O) groups excluding carboxylic acids is 1. The van der Waals surface area contributed by atoms with Crippen molar-refractivity contribution in [3.8, 4) is 0 Å². The van der Waals surface area contributed by atoms with Gasteiger partial charge in [-0.2, -0.15) is 0 Å². The maximum Gasteiger partial charge on any atom is 0.319 e. The van der Waals surface area contributed by atoms with E-state index in [4.69, 9.17) is 5.11 Å². The number of nitrogens with one attached hydrogen (secondary N) is 2. The molecule has 0 atom stereocenters. The molecule has 1 aromatic rings. The summed E-state index contributed by atoms with van der Waals surface area (Å²) in [5, 5.41) is 14.4. The topological polar surface area (TPSA) is 81.7 Å². The van der Waals surface area contributed by atoms with Crippen molar-refractivity contribution < 1.29 is 14.7 Å². The number of benzene rings is 1. The van der Waals surface area contributed by atoms with Crippen molar-refractivity contribution in [3.05, 3.63) is 23.8 Å². The quantitative estimate of drug-likeness (QED) is 0.775. The van der Waals surface area contributed by atoms with Crippen LogP contribution in [0.4, 0.5) is 16.2 Å².